The predicted octanol–water partition coefficient (Wildman–Crippen LogP) is 2.62. The lowest BCUT2D eigenvalue weighted by Crippen LogP contribution is -3.12. The molecule has 0 unspecified atom stereocenters. The van der Waals surface area contributed by atoms with Crippen molar-refractivity contribution in [3.63, 3.8) is 0 Å². The van der Waals surface area contributed by atoms with Crippen molar-refractivity contribution in [2.24, 2.45) is 0 Å². The Morgan fingerprint density at radius 2 is 1.55 bits per heavy atom. The number of amides is 2. The minimum Gasteiger partial charge on any atom is -0.334 e. The second kappa shape index (κ2) is 10.8. The third kappa shape index (κ3) is 6.43. The van der Waals surface area contributed by atoms with Gasteiger partial charge in [-0.2, -0.15) is 0 Å². The molecule has 0 saturated heterocycles. The van der Waals surface area contributed by atoms with E-state index in [1.807, 2.05) is 39.0 Å². The van der Waals surface area contributed by atoms with Crippen LogP contribution in [0.3, 0.4) is 0 Å². The van der Waals surface area contributed by atoms with Crippen LogP contribution >= 0.6 is 0 Å². The molecule has 0 aliphatic rings. The Balaban J connectivity index is 2.15. The Hall–Kier alpha value is -2.66. The number of anilines is 1. The van der Waals surface area contributed by atoms with Crippen LogP contribution in [0.5, 0.6) is 0 Å². The number of quaternary nitrogens is 1. The van der Waals surface area contributed by atoms with Crippen molar-refractivity contribution < 1.29 is 14.5 Å². The number of carbonyl (C=O) groups is 2. The number of nitrogens with zero attached hydrogens (tertiary/aromatic N) is 1. The molecule has 0 heterocycles. The van der Waals surface area contributed by atoms with Gasteiger partial charge in [-0.25, -0.2) is 0 Å². The van der Waals surface area contributed by atoms with Gasteiger partial charge in [0.1, 0.15) is 6.54 Å². The largest absolute Gasteiger partial charge is 0.334 e. The Labute approximate surface area is 174 Å². The summed E-state index contributed by atoms with van der Waals surface area (Å²) in [6, 6.07) is 13.3. The molecule has 156 valence electrons. The van der Waals surface area contributed by atoms with E-state index in [1.165, 1.54) is 10.5 Å². The summed E-state index contributed by atoms with van der Waals surface area (Å²) >= 11 is 0. The third-order valence-corrected chi connectivity index (χ3v) is 5.32. The lowest BCUT2D eigenvalue weighted by Gasteiger charge is -2.25. The molecule has 2 rings (SSSR count). The maximum atomic E-state index is 13.0. The van der Waals surface area contributed by atoms with Crippen molar-refractivity contribution in [2.75, 3.05) is 38.0 Å². The molecule has 5 heteroatoms. The molecule has 0 aromatic heterocycles. The number of hydrogen-bond donors (Lipinski definition) is 2. The number of likely N-dealkylation sites (N-methyl/N-ethyl adjacent to an activating group) is 1. The average Bonchev–Trinajstić information content (AvgIpc) is 2.70. The van der Waals surface area contributed by atoms with Crippen LogP contribution in [0.2, 0.25) is 0 Å². The van der Waals surface area contributed by atoms with Gasteiger partial charge in [0.2, 0.25) is 5.91 Å². The summed E-state index contributed by atoms with van der Waals surface area (Å²) < 4.78 is 0. The lowest BCUT2D eigenvalue weighted by molar-refractivity contribution is -0.895. The number of hydrogen-bond acceptors (Lipinski definition) is 2. The number of rotatable bonds is 9. The van der Waals surface area contributed by atoms with Gasteiger partial charge in [-0.05, 0) is 57.9 Å². The number of aryl methyl sites for hydroxylation is 3. The fourth-order valence-corrected chi connectivity index (χ4v) is 3.64. The second-order valence-electron chi connectivity index (χ2n) is 7.62. The summed E-state index contributed by atoms with van der Waals surface area (Å²) in [7, 11) is 0. The van der Waals surface area contributed by atoms with Crippen LogP contribution < -0.4 is 10.2 Å². The van der Waals surface area contributed by atoms with Crippen LogP contribution in [-0.4, -0.2) is 49.4 Å². The van der Waals surface area contributed by atoms with Crippen molar-refractivity contribution in [2.45, 2.75) is 34.6 Å². The van der Waals surface area contributed by atoms with Crippen LogP contribution in [-0.2, 0) is 4.79 Å². The fraction of sp³-hybridized carbons (Fsp3) is 0.417. The normalized spacial score (nSPS) is 10.8. The quantitative estimate of drug-likeness (QED) is 0.685. The van der Waals surface area contributed by atoms with Gasteiger partial charge in [0.05, 0.1) is 26.2 Å². The zero-order valence-corrected chi connectivity index (χ0v) is 18.3. The second-order valence-corrected chi connectivity index (χ2v) is 7.62. The van der Waals surface area contributed by atoms with E-state index in [4.69, 9.17) is 0 Å². The molecule has 2 amide bonds. The monoisotopic (exact) mass is 396 g/mol. The minimum absolute atomic E-state index is 0.0428. The molecule has 0 fully saturated rings. The summed E-state index contributed by atoms with van der Waals surface area (Å²) in [4.78, 5) is 28.9. The first-order chi connectivity index (χ1) is 13.8. The van der Waals surface area contributed by atoms with Gasteiger partial charge in [0, 0.05) is 11.3 Å². The molecule has 5 nitrogen and oxygen atoms in total. The average molecular weight is 397 g/mol. The maximum Gasteiger partial charge on any atom is 0.254 e. The van der Waals surface area contributed by atoms with Gasteiger partial charge in [0.15, 0.2) is 0 Å². The van der Waals surface area contributed by atoms with E-state index in [0.29, 0.717) is 12.1 Å². The standard InChI is InChI=1S/C24H33N3O2/c1-6-26(7-2)13-14-27(24(29)21-11-9-8-10-12-21)17-22(28)25-23-19(4)15-18(3)16-20(23)5/h8-12,15-16H,6-7,13-14,17H2,1-5H3,(H,25,28)/p+1. The van der Waals surface area contributed by atoms with Crippen molar-refractivity contribution in [1.29, 1.82) is 0 Å². The van der Waals surface area contributed by atoms with E-state index < -0.39 is 0 Å². The zero-order chi connectivity index (χ0) is 21.4. The summed E-state index contributed by atoms with van der Waals surface area (Å²) in [5.41, 5.74) is 4.68. The number of carbonyl (C=O) groups excluding carboxylic acids is 2. The van der Waals surface area contributed by atoms with Gasteiger partial charge in [-0.1, -0.05) is 35.9 Å². The van der Waals surface area contributed by atoms with E-state index >= 15 is 0 Å². The summed E-state index contributed by atoms with van der Waals surface area (Å²) in [5, 5.41) is 3.02. The van der Waals surface area contributed by atoms with Crippen LogP contribution in [0.4, 0.5) is 5.69 Å². The summed E-state index contributed by atoms with van der Waals surface area (Å²) in [6.07, 6.45) is 0. The summed E-state index contributed by atoms with van der Waals surface area (Å²) in [5.74, 6) is -0.275. The first-order valence-electron chi connectivity index (χ1n) is 10.4. The van der Waals surface area contributed by atoms with Gasteiger partial charge in [0.25, 0.3) is 5.91 Å². The highest BCUT2D eigenvalue weighted by atomic mass is 16.2. The molecular formula is C24H34N3O2+. The van der Waals surface area contributed by atoms with Crippen LogP contribution in [0, 0.1) is 20.8 Å². The SMILES string of the molecule is CC[NH+](CC)CCN(CC(=O)Nc1c(C)cc(C)cc1C)C(=O)c1ccccc1. The molecule has 0 aliphatic heterocycles. The third-order valence-electron chi connectivity index (χ3n) is 5.32. The first kappa shape index (κ1) is 22.6. The van der Waals surface area contributed by atoms with Crippen molar-refractivity contribution in [1.82, 2.24) is 4.90 Å². The Kier molecular flexibility index (Phi) is 8.40. The van der Waals surface area contributed by atoms with Gasteiger partial charge in [-0.15, -0.1) is 0 Å². The number of nitrogens with one attached hydrogen (secondary N) is 2. The lowest BCUT2D eigenvalue weighted by atomic mass is 10.1. The van der Waals surface area contributed by atoms with E-state index in [1.54, 1.807) is 17.0 Å². The molecule has 0 atom stereocenters. The Morgan fingerprint density at radius 1 is 0.966 bits per heavy atom. The van der Waals surface area contributed by atoms with E-state index in [-0.39, 0.29) is 18.4 Å². The van der Waals surface area contributed by atoms with Crippen LogP contribution in [0.25, 0.3) is 0 Å². The van der Waals surface area contributed by atoms with E-state index in [0.717, 1.165) is 36.4 Å². The highest BCUT2D eigenvalue weighted by Gasteiger charge is 2.21. The van der Waals surface area contributed by atoms with Crippen molar-refractivity contribution >= 4 is 17.5 Å². The minimum atomic E-state index is -0.168. The summed E-state index contributed by atoms with van der Waals surface area (Å²) in [6.45, 7) is 13.7. The van der Waals surface area contributed by atoms with Crippen LogP contribution in [0.15, 0.2) is 42.5 Å². The predicted molar refractivity (Wildman–Crippen MR) is 119 cm³/mol. The van der Waals surface area contributed by atoms with Gasteiger partial charge in [-0.3, -0.25) is 9.59 Å². The number of benzene rings is 2. The molecule has 29 heavy (non-hydrogen) atoms. The van der Waals surface area contributed by atoms with E-state index in [2.05, 4.69) is 31.3 Å². The molecule has 2 aromatic rings. The topological polar surface area (TPSA) is 53.9 Å². The molecule has 2 aromatic carbocycles. The molecule has 0 spiro atoms. The van der Waals surface area contributed by atoms with Gasteiger partial charge >= 0.3 is 0 Å². The molecule has 0 bridgehead atoms. The Bertz CT molecular complexity index is 806. The zero-order valence-electron chi connectivity index (χ0n) is 18.3. The first-order valence-corrected chi connectivity index (χ1v) is 10.4. The Morgan fingerprint density at radius 3 is 2.10 bits per heavy atom. The van der Waals surface area contributed by atoms with E-state index in [9.17, 15) is 9.59 Å². The van der Waals surface area contributed by atoms with Crippen LogP contribution in [0.1, 0.15) is 40.9 Å². The molecular weight excluding hydrogens is 362 g/mol. The van der Waals surface area contributed by atoms with Gasteiger partial charge < -0.3 is 15.1 Å². The highest BCUT2D eigenvalue weighted by molar-refractivity contribution is 5.99. The molecule has 0 aliphatic carbocycles. The fourth-order valence-electron chi connectivity index (χ4n) is 3.64. The molecule has 2 N–H and O–H groups in total. The highest BCUT2D eigenvalue weighted by Crippen LogP contribution is 2.21. The molecule has 0 saturated carbocycles. The smallest absolute Gasteiger partial charge is 0.254 e. The maximum absolute atomic E-state index is 13.0. The van der Waals surface area contributed by atoms with Crippen molar-refractivity contribution in [3.05, 3.63) is 64.7 Å². The van der Waals surface area contributed by atoms with Crippen molar-refractivity contribution in [3.8, 4) is 0 Å². The molecule has 0 radical (unpaired) electrons.